The first kappa shape index (κ1) is 11.2. The number of benzene rings is 1. The van der Waals surface area contributed by atoms with E-state index in [0.29, 0.717) is 19.1 Å². The van der Waals surface area contributed by atoms with Crippen LogP contribution in [0.1, 0.15) is 19.4 Å². The molecule has 78 valence electrons. The molecule has 1 aromatic rings. The van der Waals surface area contributed by atoms with Crippen LogP contribution in [0.25, 0.3) is 0 Å². The number of hydrogen-bond acceptors (Lipinski definition) is 2. The van der Waals surface area contributed by atoms with Crippen molar-refractivity contribution in [2.75, 3.05) is 6.61 Å². The third-order valence-electron chi connectivity index (χ3n) is 2.28. The lowest BCUT2D eigenvalue weighted by molar-refractivity contribution is 0.0973. The van der Waals surface area contributed by atoms with Gasteiger partial charge in [-0.2, -0.15) is 0 Å². The summed E-state index contributed by atoms with van der Waals surface area (Å²) in [6.07, 6.45) is 0. The van der Waals surface area contributed by atoms with Gasteiger partial charge in [0.05, 0.1) is 13.2 Å². The van der Waals surface area contributed by atoms with Gasteiger partial charge in [-0.05, 0) is 11.5 Å². The first-order chi connectivity index (χ1) is 6.70. The Labute approximate surface area is 86.1 Å². The van der Waals surface area contributed by atoms with Crippen molar-refractivity contribution in [2.24, 2.45) is 11.7 Å². The van der Waals surface area contributed by atoms with Crippen LogP contribution < -0.4 is 5.73 Å². The average molecular weight is 193 g/mol. The molecule has 14 heavy (non-hydrogen) atoms. The molecule has 0 heterocycles. The van der Waals surface area contributed by atoms with E-state index in [0.717, 1.165) is 0 Å². The molecule has 1 aromatic carbocycles. The highest BCUT2D eigenvalue weighted by Gasteiger charge is 2.06. The van der Waals surface area contributed by atoms with Crippen molar-refractivity contribution in [3.63, 3.8) is 0 Å². The molecule has 0 fully saturated rings. The van der Waals surface area contributed by atoms with Crippen LogP contribution in [0.3, 0.4) is 0 Å². The molecule has 2 nitrogen and oxygen atoms in total. The maximum Gasteiger partial charge on any atom is 0.0717 e. The van der Waals surface area contributed by atoms with E-state index in [1.54, 1.807) is 0 Å². The minimum absolute atomic E-state index is 0.138. The molecule has 0 spiro atoms. The summed E-state index contributed by atoms with van der Waals surface area (Å²) >= 11 is 0. The van der Waals surface area contributed by atoms with Crippen molar-refractivity contribution >= 4 is 0 Å². The van der Waals surface area contributed by atoms with Gasteiger partial charge in [0.2, 0.25) is 0 Å². The summed E-state index contributed by atoms with van der Waals surface area (Å²) < 4.78 is 5.52. The van der Waals surface area contributed by atoms with Gasteiger partial charge in [0.25, 0.3) is 0 Å². The molecule has 0 unspecified atom stereocenters. The van der Waals surface area contributed by atoms with Gasteiger partial charge in [0.1, 0.15) is 0 Å². The summed E-state index contributed by atoms with van der Waals surface area (Å²) in [5, 5.41) is 0. The lowest BCUT2D eigenvalue weighted by Gasteiger charge is -2.15. The summed E-state index contributed by atoms with van der Waals surface area (Å²) in [7, 11) is 0. The number of nitrogens with two attached hydrogens (primary N) is 1. The highest BCUT2D eigenvalue weighted by atomic mass is 16.5. The predicted octanol–water partition coefficient (Wildman–Crippen LogP) is 2.19. The largest absolute Gasteiger partial charge is 0.375 e. The van der Waals surface area contributed by atoms with Gasteiger partial charge in [0, 0.05) is 6.04 Å². The van der Waals surface area contributed by atoms with E-state index in [-0.39, 0.29) is 6.04 Å². The van der Waals surface area contributed by atoms with E-state index < -0.39 is 0 Å². The Hall–Kier alpha value is -0.860. The second kappa shape index (κ2) is 5.78. The topological polar surface area (TPSA) is 35.2 Å². The Kier molecular flexibility index (Phi) is 4.63. The van der Waals surface area contributed by atoms with Crippen molar-refractivity contribution in [1.29, 1.82) is 0 Å². The van der Waals surface area contributed by atoms with Crippen LogP contribution in [-0.2, 0) is 11.3 Å². The van der Waals surface area contributed by atoms with Gasteiger partial charge < -0.3 is 10.5 Å². The zero-order chi connectivity index (χ0) is 10.4. The smallest absolute Gasteiger partial charge is 0.0717 e. The van der Waals surface area contributed by atoms with Gasteiger partial charge in [-0.1, -0.05) is 44.2 Å². The number of ether oxygens (including phenoxy) is 1. The molecule has 0 aliphatic heterocycles. The van der Waals surface area contributed by atoms with Crippen LogP contribution in [0.4, 0.5) is 0 Å². The zero-order valence-electron chi connectivity index (χ0n) is 8.94. The van der Waals surface area contributed by atoms with Crippen molar-refractivity contribution < 1.29 is 4.74 Å². The fourth-order valence-electron chi connectivity index (χ4n) is 1.08. The van der Waals surface area contributed by atoms with Gasteiger partial charge >= 0.3 is 0 Å². The molecule has 0 aliphatic carbocycles. The third-order valence-corrected chi connectivity index (χ3v) is 2.28. The van der Waals surface area contributed by atoms with E-state index >= 15 is 0 Å². The Morgan fingerprint density at radius 1 is 1.21 bits per heavy atom. The van der Waals surface area contributed by atoms with E-state index in [4.69, 9.17) is 10.5 Å². The maximum atomic E-state index is 5.86. The normalized spacial score (nSPS) is 13.1. The summed E-state index contributed by atoms with van der Waals surface area (Å²) in [5.74, 6) is 0.478. The van der Waals surface area contributed by atoms with Gasteiger partial charge in [-0.3, -0.25) is 0 Å². The average Bonchev–Trinajstić information content (AvgIpc) is 2.19. The first-order valence-electron chi connectivity index (χ1n) is 5.07. The van der Waals surface area contributed by atoms with Crippen LogP contribution in [0.5, 0.6) is 0 Å². The third kappa shape index (κ3) is 3.90. The molecule has 0 radical (unpaired) electrons. The highest BCUT2D eigenvalue weighted by Crippen LogP contribution is 2.03. The molecule has 1 atom stereocenters. The van der Waals surface area contributed by atoms with Crippen LogP contribution in [-0.4, -0.2) is 12.6 Å². The fraction of sp³-hybridized carbons (Fsp3) is 0.500. The SMILES string of the molecule is CC(C)[C@@H](N)COCc1ccccc1. The van der Waals surface area contributed by atoms with Gasteiger partial charge in [0.15, 0.2) is 0 Å². The van der Waals surface area contributed by atoms with Gasteiger partial charge in [-0.25, -0.2) is 0 Å². The van der Waals surface area contributed by atoms with Crippen molar-refractivity contribution in [2.45, 2.75) is 26.5 Å². The van der Waals surface area contributed by atoms with Gasteiger partial charge in [-0.15, -0.1) is 0 Å². The molecular formula is C12H19NO. The molecule has 0 bridgehead atoms. The Balaban J connectivity index is 2.22. The first-order valence-corrected chi connectivity index (χ1v) is 5.07. The molecule has 0 amide bonds. The van der Waals surface area contributed by atoms with Crippen LogP contribution in [0.15, 0.2) is 30.3 Å². The summed E-state index contributed by atoms with van der Waals surface area (Å²) in [6.45, 7) is 5.50. The molecular weight excluding hydrogens is 174 g/mol. The molecule has 1 rings (SSSR count). The summed E-state index contributed by atoms with van der Waals surface area (Å²) in [4.78, 5) is 0. The highest BCUT2D eigenvalue weighted by molar-refractivity contribution is 5.13. The maximum absolute atomic E-state index is 5.86. The molecule has 2 N–H and O–H groups in total. The Morgan fingerprint density at radius 3 is 2.43 bits per heavy atom. The predicted molar refractivity (Wildman–Crippen MR) is 58.9 cm³/mol. The van der Waals surface area contributed by atoms with Crippen LogP contribution >= 0.6 is 0 Å². The molecule has 2 heteroatoms. The minimum atomic E-state index is 0.138. The van der Waals surface area contributed by atoms with E-state index in [9.17, 15) is 0 Å². The minimum Gasteiger partial charge on any atom is -0.375 e. The molecule has 0 aromatic heterocycles. The zero-order valence-corrected chi connectivity index (χ0v) is 8.94. The second-order valence-corrected chi connectivity index (χ2v) is 3.91. The lowest BCUT2D eigenvalue weighted by Crippen LogP contribution is -2.31. The molecule has 0 saturated carbocycles. The summed E-state index contributed by atoms with van der Waals surface area (Å²) in [6, 6.07) is 10.3. The van der Waals surface area contributed by atoms with Crippen molar-refractivity contribution in [3.05, 3.63) is 35.9 Å². The quantitative estimate of drug-likeness (QED) is 0.778. The standard InChI is InChI=1S/C12H19NO/c1-10(2)12(13)9-14-8-11-6-4-3-5-7-11/h3-7,10,12H,8-9,13H2,1-2H3/t12-/m0/s1. The number of hydrogen-bond donors (Lipinski definition) is 1. The van der Waals surface area contributed by atoms with Crippen molar-refractivity contribution in [3.8, 4) is 0 Å². The fourth-order valence-corrected chi connectivity index (χ4v) is 1.08. The lowest BCUT2D eigenvalue weighted by atomic mass is 10.1. The summed E-state index contributed by atoms with van der Waals surface area (Å²) in [5.41, 5.74) is 7.05. The monoisotopic (exact) mass is 193 g/mol. The van der Waals surface area contributed by atoms with E-state index in [1.165, 1.54) is 5.56 Å². The van der Waals surface area contributed by atoms with Crippen LogP contribution in [0.2, 0.25) is 0 Å². The van der Waals surface area contributed by atoms with Crippen molar-refractivity contribution in [1.82, 2.24) is 0 Å². The number of rotatable bonds is 5. The van der Waals surface area contributed by atoms with E-state index in [1.807, 2.05) is 18.2 Å². The Morgan fingerprint density at radius 2 is 1.86 bits per heavy atom. The van der Waals surface area contributed by atoms with Crippen LogP contribution in [0, 0.1) is 5.92 Å². The molecule has 0 aliphatic rings. The molecule has 0 saturated heterocycles. The van der Waals surface area contributed by atoms with E-state index in [2.05, 4.69) is 26.0 Å². The second-order valence-electron chi connectivity index (χ2n) is 3.91. The Bertz CT molecular complexity index is 246.